The average Bonchev–Trinajstić information content (AvgIpc) is 2.94. The lowest BCUT2D eigenvalue weighted by molar-refractivity contribution is -0.116. The normalized spacial score (nSPS) is 10.9. The van der Waals surface area contributed by atoms with Crippen molar-refractivity contribution in [3.05, 3.63) is 40.6 Å². The second kappa shape index (κ2) is 5.34. The predicted molar refractivity (Wildman–Crippen MR) is 82.9 cm³/mol. The quantitative estimate of drug-likeness (QED) is 0.788. The van der Waals surface area contributed by atoms with Gasteiger partial charge in [0.05, 0.1) is 20.9 Å². The van der Waals surface area contributed by atoms with Gasteiger partial charge in [0.25, 0.3) is 0 Å². The number of nitrogens with zero attached hydrogens (tertiary/aromatic N) is 3. The number of fused-ring (bicyclic) bond motifs is 1. The lowest BCUT2D eigenvalue weighted by Gasteiger charge is -2.01. The first-order valence-electron chi connectivity index (χ1n) is 5.95. The summed E-state index contributed by atoms with van der Waals surface area (Å²) >= 11 is 4.77. The minimum atomic E-state index is -0.142. The molecule has 7 heteroatoms. The fourth-order valence-corrected chi connectivity index (χ4v) is 3.12. The summed E-state index contributed by atoms with van der Waals surface area (Å²) in [6, 6.07) is 6.03. The van der Waals surface area contributed by atoms with E-state index >= 15 is 0 Å². The van der Waals surface area contributed by atoms with E-state index in [-0.39, 0.29) is 12.5 Å². The first-order valence-corrected chi connectivity index (χ1v) is 7.56. The Kier molecular flexibility index (Phi) is 3.54. The third kappa shape index (κ3) is 2.88. The third-order valence-corrected chi connectivity index (χ3v) is 4.04. The van der Waals surface area contributed by atoms with Crippen LogP contribution in [0.1, 0.15) is 5.56 Å². The van der Waals surface area contributed by atoms with Crippen LogP contribution in [0.25, 0.3) is 10.2 Å². The highest BCUT2D eigenvalue weighted by molar-refractivity contribution is 9.10. The SMILES string of the molecule is Cc1ccc2nc(NC(=O)Cn3cc(Br)cn3)sc2c1. The number of rotatable bonds is 3. The molecule has 0 aliphatic rings. The van der Waals surface area contributed by atoms with Gasteiger partial charge in [-0.05, 0) is 40.5 Å². The Labute approximate surface area is 127 Å². The van der Waals surface area contributed by atoms with Gasteiger partial charge in [-0.15, -0.1) is 0 Å². The molecule has 0 aliphatic carbocycles. The van der Waals surface area contributed by atoms with Crippen molar-refractivity contribution in [1.82, 2.24) is 14.8 Å². The van der Waals surface area contributed by atoms with Gasteiger partial charge in [0.15, 0.2) is 5.13 Å². The van der Waals surface area contributed by atoms with Gasteiger partial charge in [-0.25, -0.2) is 4.98 Å². The van der Waals surface area contributed by atoms with Crippen molar-refractivity contribution in [2.45, 2.75) is 13.5 Å². The summed E-state index contributed by atoms with van der Waals surface area (Å²) in [7, 11) is 0. The summed E-state index contributed by atoms with van der Waals surface area (Å²) in [6.45, 7) is 2.20. The van der Waals surface area contributed by atoms with Crippen LogP contribution in [0.5, 0.6) is 0 Å². The maximum atomic E-state index is 11.9. The van der Waals surface area contributed by atoms with Crippen molar-refractivity contribution in [2.75, 3.05) is 5.32 Å². The Balaban J connectivity index is 1.73. The zero-order valence-corrected chi connectivity index (χ0v) is 13.0. The molecule has 102 valence electrons. The molecule has 0 unspecified atom stereocenters. The number of aromatic nitrogens is 3. The molecule has 2 aromatic heterocycles. The highest BCUT2D eigenvalue weighted by Crippen LogP contribution is 2.26. The third-order valence-electron chi connectivity index (χ3n) is 2.70. The van der Waals surface area contributed by atoms with Gasteiger partial charge in [-0.2, -0.15) is 5.10 Å². The maximum absolute atomic E-state index is 11.9. The van der Waals surface area contributed by atoms with Gasteiger partial charge in [0.1, 0.15) is 6.54 Å². The van der Waals surface area contributed by atoms with Crippen LogP contribution in [0.3, 0.4) is 0 Å². The molecule has 3 rings (SSSR count). The molecule has 0 atom stereocenters. The largest absolute Gasteiger partial charge is 0.300 e. The molecule has 1 amide bonds. The molecule has 3 aromatic rings. The van der Waals surface area contributed by atoms with E-state index in [2.05, 4.69) is 37.4 Å². The molecule has 2 heterocycles. The average molecular weight is 351 g/mol. The van der Waals surface area contributed by atoms with E-state index in [1.54, 1.807) is 17.1 Å². The van der Waals surface area contributed by atoms with E-state index in [0.29, 0.717) is 5.13 Å². The highest BCUT2D eigenvalue weighted by atomic mass is 79.9. The van der Waals surface area contributed by atoms with Crippen LogP contribution in [-0.4, -0.2) is 20.7 Å². The lowest BCUT2D eigenvalue weighted by atomic mass is 10.2. The summed E-state index contributed by atoms with van der Waals surface area (Å²) in [6.07, 6.45) is 3.40. The second-order valence-corrected chi connectivity index (χ2v) is 6.34. The van der Waals surface area contributed by atoms with E-state index in [1.165, 1.54) is 16.9 Å². The molecular formula is C13H11BrN4OS. The Bertz CT molecular complexity index is 780. The number of hydrogen-bond donors (Lipinski definition) is 1. The number of carbonyl (C=O) groups excluding carboxylic acids is 1. The summed E-state index contributed by atoms with van der Waals surface area (Å²) in [5, 5.41) is 7.46. The minimum absolute atomic E-state index is 0.142. The van der Waals surface area contributed by atoms with Crippen molar-refractivity contribution >= 4 is 48.5 Å². The van der Waals surface area contributed by atoms with Crippen molar-refractivity contribution in [3.8, 4) is 0 Å². The zero-order valence-electron chi connectivity index (χ0n) is 10.6. The second-order valence-electron chi connectivity index (χ2n) is 4.39. The monoisotopic (exact) mass is 350 g/mol. The van der Waals surface area contributed by atoms with Crippen LogP contribution in [0.4, 0.5) is 5.13 Å². The van der Waals surface area contributed by atoms with E-state index in [4.69, 9.17) is 0 Å². The van der Waals surface area contributed by atoms with Crippen LogP contribution < -0.4 is 5.32 Å². The van der Waals surface area contributed by atoms with Gasteiger partial charge in [0, 0.05) is 6.20 Å². The van der Waals surface area contributed by atoms with Crippen LogP contribution >= 0.6 is 27.3 Å². The fraction of sp³-hybridized carbons (Fsp3) is 0.154. The molecule has 5 nitrogen and oxygen atoms in total. The predicted octanol–water partition coefficient (Wildman–Crippen LogP) is 3.20. The van der Waals surface area contributed by atoms with Crippen molar-refractivity contribution in [3.63, 3.8) is 0 Å². The maximum Gasteiger partial charge on any atom is 0.247 e. The number of carbonyl (C=O) groups is 1. The molecule has 0 radical (unpaired) electrons. The summed E-state index contributed by atoms with van der Waals surface area (Å²) in [5.74, 6) is -0.142. The van der Waals surface area contributed by atoms with Gasteiger partial charge >= 0.3 is 0 Å². The first-order chi connectivity index (χ1) is 9.60. The molecule has 0 spiro atoms. The number of aryl methyl sites for hydroxylation is 1. The van der Waals surface area contributed by atoms with Crippen LogP contribution in [0.15, 0.2) is 35.1 Å². The summed E-state index contributed by atoms with van der Waals surface area (Å²) in [4.78, 5) is 16.3. The number of hydrogen-bond acceptors (Lipinski definition) is 4. The van der Waals surface area contributed by atoms with Crippen molar-refractivity contribution < 1.29 is 4.79 Å². The van der Waals surface area contributed by atoms with Gasteiger partial charge < -0.3 is 5.32 Å². The Morgan fingerprint density at radius 1 is 1.50 bits per heavy atom. The molecule has 0 fully saturated rings. The van der Waals surface area contributed by atoms with Crippen LogP contribution in [0.2, 0.25) is 0 Å². The molecule has 0 saturated heterocycles. The number of thiazole rings is 1. The van der Waals surface area contributed by atoms with E-state index < -0.39 is 0 Å². The van der Waals surface area contributed by atoms with Gasteiger partial charge in [-0.3, -0.25) is 9.48 Å². The number of benzene rings is 1. The fourth-order valence-electron chi connectivity index (χ4n) is 1.82. The number of halogens is 1. The smallest absolute Gasteiger partial charge is 0.247 e. The van der Waals surface area contributed by atoms with Crippen LogP contribution in [-0.2, 0) is 11.3 Å². The molecule has 0 bridgehead atoms. The van der Waals surface area contributed by atoms with Crippen molar-refractivity contribution in [2.24, 2.45) is 0 Å². The Morgan fingerprint density at radius 2 is 2.35 bits per heavy atom. The lowest BCUT2D eigenvalue weighted by Crippen LogP contribution is -2.18. The van der Waals surface area contributed by atoms with E-state index in [0.717, 1.165) is 14.7 Å². The van der Waals surface area contributed by atoms with Gasteiger partial charge in [-0.1, -0.05) is 17.4 Å². The molecule has 0 saturated carbocycles. The number of amides is 1. The standard InChI is InChI=1S/C13H11BrN4OS/c1-8-2-3-10-11(4-8)20-13(16-10)17-12(19)7-18-6-9(14)5-15-18/h2-6H,7H2,1H3,(H,16,17,19). The van der Waals surface area contributed by atoms with Crippen LogP contribution in [0, 0.1) is 6.92 Å². The van der Waals surface area contributed by atoms with Gasteiger partial charge in [0.2, 0.25) is 5.91 Å². The molecule has 1 N–H and O–H groups in total. The number of anilines is 1. The van der Waals surface area contributed by atoms with Crippen molar-refractivity contribution in [1.29, 1.82) is 0 Å². The zero-order chi connectivity index (χ0) is 14.1. The minimum Gasteiger partial charge on any atom is -0.300 e. The van der Waals surface area contributed by atoms with E-state index in [9.17, 15) is 4.79 Å². The topological polar surface area (TPSA) is 59.8 Å². The summed E-state index contributed by atoms with van der Waals surface area (Å²) in [5.41, 5.74) is 2.08. The van der Waals surface area contributed by atoms with E-state index in [1.807, 2.05) is 19.1 Å². The molecule has 20 heavy (non-hydrogen) atoms. The first kappa shape index (κ1) is 13.3. The number of nitrogens with one attached hydrogen (secondary N) is 1. The Hall–Kier alpha value is -1.73. The highest BCUT2D eigenvalue weighted by Gasteiger charge is 2.09. The molecular weight excluding hydrogens is 340 g/mol. The summed E-state index contributed by atoms with van der Waals surface area (Å²) < 4.78 is 3.49. The molecule has 1 aromatic carbocycles. The molecule has 0 aliphatic heterocycles. The Morgan fingerprint density at radius 3 is 3.10 bits per heavy atom.